The summed E-state index contributed by atoms with van der Waals surface area (Å²) in [6.07, 6.45) is 2.77. The summed E-state index contributed by atoms with van der Waals surface area (Å²) in [6.45, 7) is 3.53. The minimum absolute atomic E-state index is 0.116. The Bertz CT molecular complexity index is 546. The quantitative estimate of drug-likeness (QED) is 0.195. The van der Waals surface area contributed by atoms with E-state index in [0.29, 0.717) is 5.76 Å². The molecule has 0 unspecified atom stereocenters. The average Bonchev–Trinajstić information content (AvgIpc) is 2.92. The second kappa shape index (κ2) is 8.41. The highest BCUT2D eigenvalue weighted by Crippen LogP contribution is 2.07. The molecule has 0 atom stereocenters. The Morgan fingerprint density at radius 3 is 2.71 bits per heavy atom. The van der Waals surface area contributed by atoms with Crippen molar-refractivity contribution in [1.29, 1.82) is 0 Å². The minimum atomic E-state index is -0.849. The molecule has 0 spiro atoms. The second-order valence-electron chi connectivity index (χ2n) is 3.58. The van der Waals surface area contributed by atoms with Crippen LogP contribution in [-0.4, -0.2) is 36.3 Å². The van der Waals surface area contributed by atoms with Crippen molar-refractivity contribution < 1.29 is 23.8 Å². The lowest BCUT2D eigenvalue weighted by Gasteiger charge is -2.08. The molecule has 0 aliphatic rings. The molecule has 0 aromatic carbocycles. The molecule has 0 aliphatic carbocycles. The van der Waals surface area contributed by atoms with Gasteiger partial charge in [-0.2, -0.15) is 5.10 Å². The third-order valence-corrected chi connectivity index (χ3v) is 2.12. The molecule has 0 aliphatic heterocycles. The molecule has 0 amide bonds. The van der Waals surface area contributed by atoms with Crippen LogP contribution in [0.25, 0.3) is 0 Å². The molecule has 8 heteroatoms. The highest BCUT2D eigenvalue weighted by Gasteiger charge is 2.22. The predicted octanol–water partition coefficient (Wildman–Crippen LogP) is 1.34. The summed E-state index contributed by atoms with van der Waals surface area (Å²) in [7, 11) is 0. The third-order valence-electron chi connectivity index (χ3n) is 2.12. The fourth-order valence-electron chi connectivity index (χ4n) is 1.28. The maximum absolute atomic E-state index is 11.7. The number of amidine groups is 1. The fourth-order valence-corrected chi connectivity index (χ4v) is 1.28. The number of rotatable bonds is 7. The molecule has 1 rings (SSSR count). The summed E-state index contributed by atoms with van der Waals surface area (Å²) in [5, 5.41) is 17.0. The van der Waals surface area contributed by atoms with E-state index >= 15 is 0 Å². The molecule has 21 heavy (non-hydrogen) atoms. The Morgan fingerprint density at radius 1 is 1.43 bits per heavy atom. The number of hydrogen-bond acceptors (Lipinski definition) is 7. The molecule has 0 saturated heterocycles. The monoisotopic (exact) mass is 295 g/mol. The van der Waals surface area contributed by atoms with Crippen LogP contribution in [0.3, 0.4) is 0 Å². The van der Waals surface area contributed by atoms with Crippen LogP contribution in [0.4, 0.5) is 0 Å². The first-order chi connectivity index (χ1) is 10.1. The van der Waals surface area contributed by atoms with Gasteiger partial charge >= 0.3 is 5.97 Å². The lowest BCUT2D eigenvalue weighted by atomic mass is 10.2. The summed E-state index contributed by atoms with van der Waals surface area (Å²) in [5.74, 6) is -1.38. The van der Waals surface area contributed by atoms with Crippen molar-refractivity contribution >= 4 is 18.0 Å². The molecule has 3 N–H and O–H groups in total. The van der Waals surface area contributed by atoms with Crippen molar-refractivity contribution in [3.63, 3.8) is 0 Å². The minimum Gasteiger partial charge on any atom is -0.480 e. The Balaban J connectivity index is 2.96. The van der Waals surface area contributed by atoms with E-state index in [0.717, 1.165) is 0 Å². The Hall–Kier alpha value is -2.77. The maximum Gasteiger partial charge on any atom is 0.349 e. The van der Waals surface area contributed by atoms with Crippen molar-refractivity contribution in [1.82, 2.24) is 0 Å². The van der Waals surface area contributed by atoms with E-state index in [1.807, 2.05) is 0 Å². The fraction of sp³-hybridized carbons (Fsp3) is 0.308. The average molecular weight is 295 g/mol. The second-order valence-corrected chi connectivity index (χ2v) is 3.58. The van der Waals surface area contributed by atoms with Gasteiger partial charge in [-0.1, -0.05) is 0 Å². The van der Waals surface area contributed by atoms with Crippen molar-refractivity contribution in [2.24, 2.45) is 15.9 Å². The topological polar surface area (TPSA) is 120 Å². The van der Waals surface area contributed by atoms with Crippen LogP contribution in [0.2, 0.25) is 0 Å². The van der Waals surface area contributed by atoms with Crippen molar-refractivity contribution in [2.45, 2.75) is 13.8 Å². The van der Waals surface area contributed by atoms with E-state index in [9.17, 15) is 9.90 Å². The molecule has 0 saturated carbocycles. The van der Waals surface area contributed by atoms with Crippen LogP contribution in [0.1, 0.15) is 19.6 Å². The number of aliphatic hydroxyl groups excluding tert-OH is 1. The van der Waals surface area contributed by atoms with E-state index in [-0.39, 0.29) is 24.6 Å². The van der Waals surface area contributed by atoms with Gasteiger partial charge in [-0.05, 0) is 26.0 Å². The molecular formula is C13H17N3O5. The zero-order valence-electron chi connectivity index (χ0n) is 11.8. The van der Waals surface area contributed by atoms with Gasteiger partial charge in [-0.15, -0.1) is 5.10 Å². The van der Waals surface area contributed by atoms with Gasteiger partial charge in [0.05, 0.1) is 25.7 Å². The summed E-state index contributed by atoms with van der Waals surface area (Å²) >= 11 is 0. The number of nitrogens with two attached hydrogens (primary N) is 1. The van der Waals surface area contributed by atoms with Crippen LogP contribution in [0.5, 0.6) is 0 Å². The van der Waals surface area contributed by atoms with Crippen LogP contribution in [0.15, 0.2) is 44.5 Å². The number of hydrogen-bond donors (Lipinski definition) is 2. The third kappa shape index (κ3) is 5.01. The molecule has 8 nitrogen and oxygen atoms in total. The summed E-state index contributed by atoms with van der Waals surface area (Å²) in [6, 6.07) is 3.34. The van der Waals surface area contributed by atoms with Gasteiger partial charge in [-0.25, -0.2) is 4.79 Å². The van der Waals surface area contributed by atoms with Crippen molar-refractivity contribution in [3.05, 3.63) is 35.7 Å². The first-order valence-corrected chi connectivity index (χ1v) is 6.23. The zero-order chi connectivity index (χ0) is 15.7. The smallest absolute Gasteiger partial charge is 0.349 e. The largest absolute Gasteiger partial charge is 0.480 e. The van der Waals surface area contributed by atoms with Gasteiger partial charge in [0.1, 0.15) is 5.76 Å². The van der Waals surface area contributed by atoms with Gasteiger partial charge in [-0.3, -0.25) is 0 Å². The standard InChI is InChI=1S/C13H17N3O5/c1-3-19-12(17)10(13(18)20-4-2)11(14)16-15-8-9-6-5-7-21-9/h5-8,17H,3-4H2,1-2H3,(H2,14,16). The van der Waals surface area contributed by atoms with Gasteiger partial charge in [0.25, 0.3) is 5.95 Å². The lowest BCUT2D eigenvalue weighted by molar-refractivity contribution is -0.138. The van der Waals surface area contributed by atoms with E-state index in [1.54, 1.807) is 26.0 Å². The molecule has 0 fully saturated rings. The summed E-state index contributed by atoms with van der Waals surface area (Å²) in [4.78, 5) is 11.7. The molecular weight excluding hydrogens is 278 g/mol. The maximum atomic E-state index is 11.7. The van der Waals surface area contributed by atoms with Gasteiger partial charge < -0.3 is 24.7 Å². The Labute approximate surface area is 121 Å². The molecule has 1 aromatic rings. The summed E-state index contributed by atoms with van der Waals surface area (Å²) < 4.78 is 14.6. The number of aliphatic hydroxyl groups is 1. The Kier molecular flexibility index (Phi) is 6.52. The number of nitrogens with zero attached hydrogens (tertiary/aromatic N) is 2. The molecule has 0 radical (unpaired) electrons. The number of carbonyl (C=O) groups excluding carboxylic acids is 1. The van der Waals surface area contributed by atoms with E-state index in [1.165, 1.54) is 12.5 Å². The van der Waals surface area contributed by atoms with Crippen LogP contribution in [-0.2, 0) is 14.3 Å². The first-order valence-electron chi connectivity index (χ1n) is 6.23. The van der Waals surface area contributed by atoms with E-state index in [4.69, 9.17) is 19.6 Å². The molecule has 1 aromatic heterocycles. The van der Waals surface area contributed by atoms with Crippen LogP contribution in [0, 0.1) is 0 Å². The molecule has 0 bridgehead atoms. The van der Waals surface area contributed by atoms with E-state index in [2.05, 4.69) is 10.2 Å². The van der Waals surface area contributed by atoms with Crippen molar-refractivity contribution in [3.8, 4) is 0 Å². The zero-order valence-corrected chi connectivity index (χ0v) is 11.8. The van der Waals surface area contributed by atoms with Gasteiger partial charge in [0, 0.05) is 0 Å². The lowest BCUT2D eigenvalue weighted by Crippen LogP contribution is -2.25. The van der Waals surface area contributed by atoms with Crippen molar-refractivity contribution in [2.75, 3.05) is 13.2 Å². The Morgan fingerprint density at radius 2 is 2.14 bits per heavy atom. The normalized spacial score (nSPS) is 13.1. The first kappa shape index (κ1) is 16.3. The van der Waals surface area contributed by atoms with E-state index < -0.39 is 11.9 Å². The molecule has 114 valence electrons. The van der Waals surface area contributed by atoms with Gasteiger partial charge in [0.2, 0.25) is 0 Å². The molecule has 1 heterocycles. The van der Waals surface area contributed by atoms with Gasteiger partial charge in [0.15, 0.2) is 11.4 Å². The number of esters is 1. The number of carbonyl (C=O) groups is 1. The van der Waals surface area contributed by atoms with Crippen LogP contribution >= 0.6 is 0 Å². The predicted molar refractivity (Wildman–Crippen MR) is 75.8 cm³/mol. The highest BCUT2D eigenvalue weighted by molar-refractivity contribution is 6.18. The highest BCUT2D eigenvalue weighted by atomic mass is 16.6. The summed E-state index contributed by atoms with van der Waals surface area (Å²) in [5.41, 5.74) is 5.25. The SMILES string of the molecule is CCOC(=O)C(C(N)=NN=Cc1ccco1)=C(O)OCC. The van der Waals surface area contributed by atoms with Crippen LogP contribution < -0.4 is 5.73 Å². The number of furan rings is 1. The number of ether oxygens (including phenoxy) is 2.